The van der Waals surface area contributed by atoms with Gasteiger partial charge in [-0.1, -0.05) is 20.8 Å². The van der Waals surface area contributed by atoms with Gasteiger partial charge in [-0.2, -0.15) is 11.8 Å². The van der Waals surface area contributed by atoms with Crippen molar-refractivity contribution in [2.45, 2.75) is 46.1 Å². The summed E-state index contributed by atoms with van der Waals surface area (Å²) in [7, 11) is 0. The Bertz CT molecular complexity index is 308. The largest absolute Gasteiger partial charge is 0.341 e. The number of likely N-dealkylation sites (tertiary alicyclic amines) is 1. The predicted molar refractivity (Wildman–Crippen MR) is 82.5 cm³/mol. The highest BCUT2D eigenvalue weighted by Crippen LogP contribution is 2.34. The van der Waals surface area contributed by atoms with E-state index in [2.05, 4.69) is 31.0 Å². The Morgan fingerprint density at radius 3 is 2.68 bits per heavy atom. The van der Waals surface area contributed by atoms with Crippen molar-refractivity contribution < 1.29 is 4.79 Å². The van der Waals surface area contributed by atoms with Gasteiger partial charge in [-0.3, -0.25) is 4.79 Å². The third kappa shape index (κ3) is 4.12. The number of nitrogens with zero attached hydrogens (tertiary/aromatic N) is 1. The number of amides is 1. The molecule has 2 aliphatic rings. The molecule has 0 aliphatic carbocycles. The number of nitrogens with one attached hydrogen (secondary N) is 1. The van der Waals surface area contributed by atoms with Gasteiger partial charge < -0.3 is 10.2 Å². The van der Waals surface area contributed by atoms with Gasteiger partial charge in [0.25, 0.3) is 0 Å². The molecule has 1 N–H and O–H groups in total. The normalized spacial score (nSPS) is 29.9. The highest BCUT2D eigenvalue weighted by atomic mass is 32.2. The summed E-state index contributed by atoms with van der Waals surface area (Å²) in [6.45, 7) is 9.86. The van der Waals surface area contributed by atoms with Crippen LogP contribution in [0.15, 0.2) is 0 Å². The zero-order valence-corrected chi connectivity index (χ0v) is 13.4. The minimum Gasteiger partial charge on any atom is -0.341 e. The molecule has 0 radical (unpaired) electrons. The van der Waals surface area contributed by atoms with Crippen molar-refractivity contribution in [3.8, 4) is 0 Å². The van der Waals surface area contributed by atoms with Crippen molar-refractivity contribution >= 4 is 17.7 Å². The van der Waals surface area contributed by atoms with Crippen LogP contribution in [-0.4, -0.2) is 48.0 Å². The second-order valence-corrected chi connectivity index (χ2v) is 8.05. The van der Waals surface area contributed by atoms with E-state index in [9.17, 15) is 4.79 Å². The lowest BCUT2D eigenvalue weighted by atomic mass is 9.77. The first kappa shape index (κ1) is 15.2. The zero-order valence-electron chi connectivity index (χ0n) is 12.6. The van der Waals surface area contributed by atoms with Crippen LogP contribution in [0, 0.1) is 11.3 Å². The van der Waals surface area contributed by atoms with Crippen LogP contribution in [0.1, 0.15) is 40.0 Å². The Morgan fingerprint density at radius 1 is 1.26 bits per heavy atom. The quantitative estimate of drug-likeness (QED) is 0.802. The van der Waals surface area contributed by atoms with Crippen molar-refractivity contribution in [2.75, 3.05) is 31.1 Å². The lowest BCUT2D eigenvalue weighted by Gasteiger charge is -2.31. The third-order valence-electron chi connectivity index (χ3n) is 4.48. The molecule has 4 heteroatoms. The fourth-order valence-electron chi connectivity index (χ4n) is 3.13. The van der Waals surface area contributed by atoms with Gasteiger partial charge in [0.2, 0.25) is 5.91 Å². The van der Waals surface area contributed by atoms with E-state index in [1.807, 2.05) is 11.8 Å². The summed E-state index contributed by atoms with van der Waals surface area (Å²) in [6, 6.07) is 0.0601. The molecule has 2 aliphatic heterocycles. The van der Waals surface area contributed by atoms with Crippen molar-refractivity contribution in [1.82, 2.24) is 10.2 Å². The van der Waals surface area contributed by atoms with Gasteiger partial charge in [0, 0.05) is 31.1 Å². The number of rotatable bonds is 1. The lowest BCUT2D eigenvalue weighted by Crippen LogP contribution is -2.50. The molecule has 3 nitrogen and oxygen atoms in total. The number of carbonyl (C=O) groups excluding carboxylic acids is 1. The van der Waals surface area contributed by atoms with Crippen molar-refractivity contribution in [2.24, 2.45) is 11.3 Å². The average molecular weight is 284 g/mol. The molecule has 2 rings (SSSR count). The van der Waals surface area contributed by atoms with Gasteiger partial charge in [-0.05, 0) is 30.6 Å². The second-order valence-electron chi connectivity index (χ2n) is 6.90. The van der Waals surface area contributed by atoms with E-state index in [0.717, 1.165) is 49.9 Å². The van der Waals surface area contributed by atoms with Gasteiger partial charge in [-0.15, -0.1) is 0 Å². The second kappa shape index (κ2) is 6.49. The molecule has 110 valence electrons. The first-order chi connectivity index (χ1) is 8.98. The van der Waals surface area contributed by atoms with Gasteiger partial charge in [-0.25, -0.2) is 0 Å². The molecule has 0 aromatic rings. The Kier molecular flexibility index (Phi) is 5.18. The van der Waals surface area contributed by atoms with E-state index in [4.69, 9.17) is 0 Å². The predicted octanol–water partition coefficient (Wildman–Crippen LogP) is 2.37. The van der Waals surface area contributed by atoms with Crippen molar-refractivity contribution in [3.63, 3.8) is 0 Å². The topological polar surface area (TPSA) is 32.3 Å². The van der Waals surface area contributed by atoms with Gasteiger partial charge in [0.05, 0.1) is 6.04 Å². The molecule has 1 amide bonds. The Hall–Kier alpha value is -0.220. The van der Waals surface area contributed by atoms with Crippen molar-refractivity contribution in [1.29, 1.82) is 0 Å². The van der Waals surface area contributed by atoms with Crippen LogP contribution >= 0.6 is 11.8 Å². The van der Waals surface area contributed by atoms with Crippen LogP contribution in [0.4, 0.5) is 0 Å². The van der Waals surface area contributed by atoms with E-state index in [1.165, 1.54) is 6.42 Å². The molecule has 2 atom stereocenters. The van der Waals surface area contributed by atoms with Crippen LogP contribution < -0.4 is 5.32 Å². The van der Waals surface area contributed by atoms with Crippen LogP contribution in [0.25, 0.3) is 0 Å². The minimum absolute atomic E-state index is 0.0601. The summed E-state index contributed by atoms with van der Waals surface area (Å²) in [5.41, 5.74) is 0.373. The molecule has 2 unspecified atom stereocenters. The molecule has 0 saturated carbocycles. The summed E-state index contributed by atoms with van der Waals surface area (Å²) in [6.07, 6.45) is 3.59. The highest BCUT2D eigenvalue weighted by Gasteiger charge is 2.31. The van der Waals surface area contributed by atoms with E-state index >= 15 is 0 Å². The van der Waals surface area contributed by atoms with Gasteiger partial charge in [0.15, 0.2) is 0 Å². The highest BCUT2D eigenvalue weighted by molar-refractivity contribution is 7.99. The van der Waals surface area contributed by atoms with Crippen LogP contribution in [0.5, 0.6) is 0 Å². The van der Waals surface area contributed by atoms with E-state index in [-0.39, 0.29) is 6.04 Å². The fourth-order valence-corrected chi connectivity index (χ4v) is 4.05. The maximum atomic E-state index is 12.5. The van der Waals surface area contributed by atoms with Crippen molar-refractivity contribution in [3.05, 3.63) is 0 Å². The van der Waals surface area contributed by atoms with Crippen LogP contribution in [0.2, 0.25) is 0 Å². The maximum Gasteiger partial charge on any atom is 0.240 e. The SMILES string of the molecule is CC(C)(C)C1CCCN(C(=O)C2CSCCN2)CC1. The molecule has 0 spiro atoms. The molecule has 0 aromatic carbocycles. The molecule has 2 heterocycles. The molecule has 2 saturated heterocycles. The minimum atomic E-state index is 0.0601. The molecule has 0 bridgehead atoms. The zero-order chi connectivity index (χ0) is 13.9. The van der Waals surface area contributed by atoms with E-state index in [1.54, 1.807) is 0 Å². The first-order valence-corrected chi connectivity index (χ1v) is 8.74. The van der Waals surface area contributed by atoms with Gasteiger partial charge in [0.1, 0.15) is 0 Å². The molecule has 2 fully saturated rings. The summed E-state index contributed by atoms with van der Waals surface area (Å²) in [5.74, 6) is 3.16. The Balaban J connectivity index is 1.89. The Labute approximate surface area is 121 Å². The summed E-state index contributed by atoms with van der Waals surface area (Å²) in [4.78, 5) is 14.6. The number of thioether (sulfide) groups is 1. The molecular formula is C15H28N2OS. The maximum absolute atomic E-state index is 12.5. The number of carbonyl (C=O) groups is 1. The molecule has 0 aromatic heterocycles. The molecule has 19 heavy (non-hydrogen) atoms. The average Bonchev–Trinajstić information content (AvgIpc) is 2.64. The Morgan fingerprint density at radius 2 is 2.05 bits per heavy atom. The molecular weight excluding hydrogens is 256 g/mol. The summed E-state index contributed by atoms with van der Waals surface area (Å²) in [5, 5.41) is 3.37. The van der Waals surface area contributed by atoms with E-state index < -0.39 is 0 Å². The number of hydrogen-bond acceptors (Lipinski definition) is 3. The summed E-state index contributed by atoms with van der Waals surface area (Å²) < 4.78 is 0. The van der Waals surface area contributed by atoms with Crippen LogP contribution in [-0.2, 0) is 4.79 Å². The van der Waals surface area contributed by atoms with E-state index in [0.29, 0.717) is 11.3 Å². The first-order valence-electron chi connectivity index (χ1n) is 7.58. The monoisotopic (exact) mass is 284 g/mol. The third-order valence-corrected chi connectivity index (χ3v) is 5.55. The summed E-state index contributed by atoms with van der Waals surface area (Å²) >= 11 is 1.90. The smallest absolute Gasteiger partial charge is 0.240 e. The lowest BCUT2D eigenvalue weighted by molar-refractivity contribution is -0.132. The standard InChI is InChI=1S/C15H28N2OS/c1-15(2,3)12-5-4-8-17(9-6-12)14(18)13-11-19-10-7-16-13/h12-13,16H,4-11H2,1-3H3. The fraction of sp³-hybridized carbons (Fsp3) is 0.933. The number of hydrogen-bond donors (Lipinski definition) is 1. The van der Waals surface area contributed by atoms with Crippen LogP contribution in [0.3, 0.4) is 0 Å². The van der Waals surface area contributed by atoms with Gasteiger partial charge >= 0.3 is 0 Å².